The van der Waals surface area contributed by atoms with Crippen molar-refractivity contribution in [1.29, 1.82) is 0 Å². The van der Waals surface area contributed by atoms with Crippen molar-refractivity contribution in [2.75, 3.05) is 32.6 Å². The highest BCUT2D eigenvalue weighted by molar-refractivity contribution is 5.99. The number of aromatic nitrogens is 2. The second kappa shape index (κ2) is 11.5. The van der Waals surface area contributed by atoms with Gasteiger partial charge in [0.15, 0.2) is 17.5 Å². The van der Waals surface area contributed by atoms with Gasteiger partial charge >= 0.3 is 0 Å². The van der Waals surface area contributed by atoms with Gasteiger partial charge in [0, 0.05) is 42.1 Å². The van der Waals surface area contributed by atoms with Crippen LogP contribution in [0.4, 0.5) is 27.8 Å². The molecule has 3 aromatic rings. The molecule has 0 aliphatic heterocycles. The van der Waals surface area contributed by atoms with Crippen LogP contribution in [0.1, 0.15) is 25.8 Å². The third-order valence-corrected chi connectivity index (χ3v) is 5.44. The molecular formula is C24H27F5N4O2. The molecule has 11 heteroatoms. The predicted octanol–water partition coefficient (Wildman–Crippen LogP) is 5.34. The summed E-state index contributed by atoms with van der Waals surface area (Å²) in [4.78, 5) is 8.63. The molecule has 6 nitrogen and oxygen atoms in total. The summed E-state index contributed by atoms with van der Waals surface area (Å²) in [6.45, 7) is 4.66. The Bertz CT molecular complexity index is 1190. The number of fused-ring (bicyclic) bond motifs is 1. The summed E-state index contributed by atoms with van der Waals surface area (Å²) in [7, 11) is 3.13. The summed E-state index contributed by atoms with van der Waals surface area (Å²) >= 11 is 0. The zero-order chi connectivity index (χ0) is 25.7. The van der Waals surface area contributed by atoms with E-state index in [4.69, 9.17) is 9.47 Å². The number of pyridine rings is 2. The molecule has 190 valence electrons. The van der Waals surface area contributed by atoms with Crippen molar-refractivity contribution in [1.82, 2.24) is 15.3 Å². The van der Waals surface area contributed by atoms with Crippen molar-refractivity contribution in [3.8, 4) is 23.0 Å². The summed E-state index contributed by atoms with van der Waals surface area (Å²) in [5.41, 5.74) is -1.41. The average molecular weight is 498 g/mol. The monoisotopic (exact) mass is 498 g/mol. The first-order valence-corrected chi connectivity index (χ1v) is 11.1. The van der Waals surface area contributed by atoms with Gasteiger partial charge in [0.2, 0.25) is 18.2 Å². The van der Waals surface area contributed by atoms with Crippen LogP contribution in [0, 0.1) is 17.5 Å². The van der Waals surface area contributed by atoms with Crippen molar-refractivity contribution in [2.45, 2.75) is 39.2 Å². The highest BCUT2D eigenvalue weighted by atomic mass is 19.3. The number of likely N-dealkylation sites (N-methyl/N-ethyl adjacent to an activating group) is 1. The number of alkyl halides is 2. The SMILES string of the molecule is CCC(C)Oc1nc(-c2ccc(F)c(F)c2CC(F)F)c(F)c2cc(OC)nc(NCCNC)c12. The fourth-order valence-electron chi connectivity index (χ4n) is 3.49. The summed E-state index contributed by atoms with van der Waals surface area (Å²) in [6, 6.07) is 3.10. The lowest BCUT2D eigenvalue weighted by atomic mass is 9.98. The number of hydrogen-bond acceptors (Lipinski definition) is 6. The third-order valence-electron chi connectivity index (χ3n) is 5.44. The number of nitrogens with zero attached hydrogens (tertiary/aromatic N) is 2. The minimum atomic E-state index is -2.99. The molecule has 0 fully saturated rings. The molecule has 0 aliphatic rings. The molecule has 0 saturated carbocycles. The fraction of sp³-hybridized carbons (Fsp3) is 0.417. The van der Waals surface area contributed by atoms with Crippen LogP contribution in [-0.2, 0) is 6.42 Å². The van der Waals surface area contributed by atoms with Gasteiger partial charge < -0.3 is 20.1 Å². The van der Waals surface area contributed by atoms with Gasteiger partial charge in [0.1, 0.15) is 11.5 Å². The van der Waals surface area contributed by atoms with Crippen molar-refractivity contribution >= 4 is 16.6 Å². The normalized spacial score (nSPS) is 12.3. The first-order chi connectivity index (χ1) is 16.7. The Balaban J connectivity index is 2.36. The van der Waals surface area contributed by atoms with Crippen molar-refractivity contribution in [3.05, 3.63) is 41.2 Å². The van der Waals surface area contributed by atoms with E-state index >= 15 is 4.39 Å². The molecule has 0 bridgehead atoms. The van der Waals surface area contributed by atoms with Crippen LogP contribution in [0.2, 0.25) is 0 Å². The van der Waals surface area contributed by atoms with Gasteiger partial charge in [0.05, 0.1) is 18.6 Å². The molecule has 0 amide bonds. The Kier molecular flexibility index (Phi) is 8.66. The molecule has 35 heavy (non-hydrogen) atoms. The average Bonchev–Trinajstić information content (AvgIpc) is 2.83. The van der Waals surface area contributed by atoms with Gasteiger partial charge in [-0.2, -0.15) is 4.98 Å². The van der Waals surface area contributed by atoms with E-state index in [0.717, 1.165) is 12.1 Å². The lowest BCUT2D eigenvalue weighted by Crippen LogP contribution is -2.19. The smallest absolute Gasteiger partial charge is 0.242 e. The minimum Gasteiger partial charge on any atom is -0.481 e. The molecule has 1 atom stereocenters. The number of benzene rings is 1. The zero-order valence-corrected chi connectivity index (χ0v) is 19.8. The molecule has 3 rings (SSSR count). The van der Waals surface area contributed by atoms with E-state index in [1.807, 2.05) is 6.92 Å². The fourth-order valence-corrected chi connectivity index (χ4v) is 3.49. The molecule has 1 aromatic carbocycles. The first kappa shape index (κ1) is 26.4. The lowest BCUT2D eigenvalue weighted by Gasteiger charge is -2.20. The van der Waals surface area contributed by atoms with E-state index in [-0.39, 0.29) is 40.0 Å². The van der Waals surface area contributed by atoms with Crippen molar-refractivity contribution in [2.24, 2.45) is 0 Å². The van der Waals surface area contributed by atoms with Gasteiger partial charge in [-0.05, 0) is 32.5 Å². The number of methoxy groups -OCH3 is 1. The van der Waals surface area contributed by atoms with E-state index < -0.39 is 41.6 Å². The Hall–Kier alpha value is -3.21. The number of halogens is 5. The Morgan fingerprint density at radius 1 is 1.06 bits per heavy atom. The molecule has 0 aliphatic carbocycles. The highest BCUT2D eigenvalue weighted by Gasteiger charge is 2.26. The first-order valence-electron chi connectivity index (χ1n) is 11.1. The van der Waals surface area contributed by atoms with Gasteiger partial charge in [-0.15, -0.1) is 0 Å². The molecule has 0 spiro atoms. The molecule has 2 aromatic heterocycles. The lowest BCUT2D eigenvalue weighted by molar-refractivity contribution is 0.147. The third kappa shape index (κ3) is 5.72. The maximum absolute atomic E-state index is 15.9. The number of rotatable bonds is 11. The van der Waals surface area contributed by atoms with Gasteiger partial charge in [-0.3, -0.25) is 0 Å². The topological polar surface area (TPSA) is 68.3 Å². The molecule has 0 saturated heterocycles. The molecule has 0 radical (unpaired) electrons. The second-order valence-electron chi connectivity index (χ2n) is 7.87. The molecule has 1 unspecified atom stereocenters. The van der Waals surface area contributed by atoms with Crippen LogP contribution in [-0.4, -0.2) is 49.7 Å². The molecule has 2 heterocycles. The number of hydrogen-bond donors (Lipinski definition) is 2. The summed E-state index contributed by atoms with van der Waals surface area (Å²) in [6.07, 6.45) is -3.86. The van der Waals surface area contributed by atoms with Crippen molar-refractivity contribution in [3.63, 3.8) is 0 Å². The van der Waals surface area contributed by atoms with Gasteiger partial charge in [0.25, 0.3) is 0 Å². The largest absolute Gasteiger partial charge is 0.481 e. The number of anilines is 1. The maximum Gasteiger partial charge on any atom is 0.242 e. The number of ether oxygens (including phenoxy) is 2. The van der Waals surface area contributed by atoms with Crippen LogP contribution in [0.3, 0.4) is 0 Å². The van der Waals surface area contributed by atoms with Gasteiger partial charge in [-0.1, -0.05) is 6.92 Å². The summed E-state index contributed by atoms with van der Waals surface area (Å²) in [5.74, 6) is -3.44. The van der Waals surface area contributed by atoms with Crippen LogP contribution < -0.4 is 20.1 Å². The van der Waals surface area contributed by atoms with E-state index in [1.54, 1.807) is 14.0 Å². The van der Waals surface area contributed by atoms with Crippen LogP contribution in [0.15, 0.2) is 18.2 Å². The maximum atomic E-state index is 15.9. The number of nitrogens with one attached hydrogen (secondary N) is 2. The second-order valence-corrected chi connectivity index (χ2v) is 7.87. The zero-order valence-electron chi connectivity index (χ0n) is 19.8. The van der Waals surface area contributed by atoms with Gasteiger partial charge in [-0.25, -0.2) is 26.9 Å². The highest BCUT2D eigenvalue weighted by Crippen LogP contribution is 2.40. The van der Waals surface area contributed by atoms with Crippen LogP contribution in [0.5, 0.6) is 11.8 Å². The summed E-state index contributed by atoms with van der Waals surface area (Å²) < 4.78 is 82.0. The van der Waals surface area contributed by atoms with Crippen LogP contribution in [0.25, 0.3) is 22.0 Å². The van der Waals surface area contributed by atoms with E-state index in [1.165, 1.54) is 13.2 Å². The molecular weight excluding hydrogens is 471 g/mol. The van der Waals surface area contributed by atoms with Crippen molar-refractivity contribution < 1.29 is 31.4 Å². The Morgan fingerprint density at radius 2 is 1.80 bits per heavy atom. The minimum absolute atomic E-state index is 0.0272. The van der Waals surface area contributed by atoms with Crippen LogP contribution >= 0.6 is 0 Å². The van der Waals surface area contributed by atoms with E-state index in [0.29, 0.717) is 19.5 Å². The predicted molar refractivity (Wildman–Crippen MR) is 124 cm³/mol. The van der Waals surface area contributed by atoms with E-state index in [9.17, 15) is 17.6 Å². The quantitative estimate of drug-likeness (QED) is 0.275. The Labute approximate surface area is 199 Å². The van der Waals surface area contributed by atoms with E-state index in [2.05, 4.69) is 20.6 Å². The standard InChI is InChI=1S/C24H27F5N4O2/c1-5-12(2)35-24-19-15(11-18(34-4)32-23(19)31-9-8-30-3)21(29)22(33-24)13-6-7-16(25)20(28)14(13)10-17(26)27/h6-7,11-12,17,30H,5,8-10H2,1-4H3,(H,31,32). The summed E-state index contributed by atoms with van der Waals surface area (Å²) in [5, 5.41) is 6.24. The molecule has 2 N–H and O–H groups in total. The Morgan fingerprint density at radius 3 is 2.43 bits per heavy atom.